The Bertz CT molecular complexity index is 1030. The van der Waals surface area contributed by atoms with E-state index in [0.29, 0.717) is 23.0 Å². The summed E-state index contributed by atoms with van der Waals surface area (Å²) in [5.74, 6) is 1.23. The van der Waals surface area contributed by atoms with Crippen molar-refractivity contribution in [2.75, 3.05) is 24.8 Å². The third kappa shape index (κ3) is 3.75. The molecule has 1 atom stereocenters. The van der Waals surface area contributed by atoms with Crippen molar-refractivity contribution in [2.24, 2.45) is 5.92 Å². The maximum Gasteiger partial charge on any atom is 0.254 e. The summed E-state index contributed by atoms with van der Waals surface area (Å²) in [6, 6.07) is 5.67. The molecule has 156 valence electrons. The molecule has 1 aromatic carbocycles. The van der Waals surface area contributed by atoms with E-state index in [1.165, 1.54) is 6.20 Å². The molecule has 0 aliphatic heterocycles. The van der Waals surface area contributed by atoms with Gasteiger partial charge in [0.15, 0.2) is 0 Å². The lowest BCUT2D eigenvalue weighted by atomic mass is 9.96. The zero-order valence-corrected chi connectivity index (χ0v) is 17.4. The summed E-state index contributed by atoms with van der Waals surface area (Å²) >= 11 is 0. The van der Waals surface area contributed by atoms with Crippen LogP contribution in [0.15, 0.2) is 30.5 Å². The van der Waals surface area contributed by atoms with Gasteiger partial charge in [0.2, 0.25) is 5.91 Å². The first-order chi connectivity index (χ1) is 14.5. The van der Waals surface area contributed by atoms with Gasteiger partial charge < -0.3 is 20.7 Å². The van der Waals surface area contributed by atoms with Gasteiger partial charge in [0, 0.05) is 36.7 Å². The van der Waals surface area contributed by atoms with E-state index < -0.39 is 0 Å². The Morgan fingerprint density at radius 3 is 2.70 bits per heavy atom. The smallest absolute Gasteiger partial charge is 0.254 e. The van der Waals surface area contributed by atoms with Gasteiger partial charge in [-0.3, -0.25) is 9.59 Å². The van der Waals surface area contributed by atoms with E-state index in [2.05, 4.69) is 40.0 Å². The molecule has 0 bridgehead atoms. The molecule has 7 heteroatoms. The van der Waals surface area contributed by atoms with E-state index in [0.717, 1.165) is 41.8 Å². The van der Waals surface area contributed by atoms with Crippen LogP contribution in [-0.2, 0) is 4.79 Å². The Morgan fingerprint density at radius 2 is 2.03 bits per heavy atom. The summed E-state index contributed by atoms with van der Waals surface area (Å²) in [7, 11) is 3.22. The fourth-order valence-corrected chi connectivity index (χ4v) is 3.78. The molecule has 2 aromatic rings. The Hall–Kier alpha value is -3.35. The molecule has 7 nitrogen and oxygen atoms in total. The third-order valence-electron chi connectivity index (χ3n) is 5.60. The molecular formula is C23H26N4O3. The number of rotatable bonds is 7. The van der Waals surface area contributed by atoms with Crippen LogP contribution in [0.3, 0.4) is 0 Å². The zero-order chi connectivity index (χ0) is 21.3. The van der Waals surface area contributed by atoms with E-state index in [9.17, 15) is 9.59 Å². The molecule has 0 saturated heterocycles. The number of nitrogens with zero attached hydrogens (tertiary/aromatic N) is 1. The van der Waals surface area contributed by atoms with E-state index >= 15 is 0 Å². The summed E-state index contributed by atoms with van der Waals surface area (Å²) in [6.07, 6.45) is 8.56. The second-order valence-corrected chi connectivity index (χ2v) is 7.61. The minimum absolute atomic E-state index is 0.0342. The minimum Gasteiger partial charge on any atom is -0.494 e. The standard InChI is InChI=1S/C23H26N4O3/c1-4-13-5-6-14-9-10-17(21(30-3)20(13)14)26-18-11-19(27-22(28)15-7-8-15)25-12-16(18)23(29)24-2/h5-6,9-13,15H,4,7-8H2,1-3H3,(H,24,29)(H2,25,26,27,28). The number of aromatic nitrogens is 1. The van der Waals surface area contributed by atoms with Gasteiger partial charge in [0.05, 0.1) is 24.0 Å². The van der Waals surface area contributed by atoms with Crippen LogP contribution in [0.5, 0.6) is 5.75 Å². The number of nitrogens with one attached hydrogen (secondary N) is 3. The molecule has 1 aromatic heterocycles. The first-order valence-electron chi connectivity index (χ1n) is 10.2. The van der Waals surface area contributed by atoms with Gasteiger partial charge >= 0.3 is 0 Å². The van der Waals surface area contributed by atoms with E-state index in [4.69, 9.17) is 4.74 Å². The molecular weight excluding hydrogens is 380 g/mol. The lowest BCUT2D eigenvalue weighted by Crippen LogP contribution is -2.20. The van der Waals surface area contributed by atoms with Gasteiger partial charge in [-0.2, -0.15) is 0 Å². The highest BCUT2D eigenvalue weighted by Crippen LogP contribution is 2.44. The third-order valence-corrected chi connectivity index (χ3v) is 5.60. The van der Waals surface area contributed by atoms with Crippen LogP contribution in [0.1, 0.15) is 53.6 Å². The van der Waals surface area contributed by atoms with Crippen molar-refractivity contribution in [2.45, 2.75) is 32.1 Å². The van der Waals surface area contributed by atoms with Crippen LogP contribution in [0.4, 0.5) is 17.2 Å². The van der Waals surface area contributed by atoms with Gasteiger partial charge in [-0.25, -0.2) is 4.98 Å². The molecule has 1 fully saturated rings. The fourth-order valence-electron chi connectivity index (χ4n) is 3.78. The Morgan fingerprint density at radius 1 is 1.23 bits per heavy atom. The van der Waals surface area contributed by atoms with Crippen LogP contribution in [-0.4, -0.2) is 31.0 Å². The summed E-state index contributed by atoms with van der Waals surface area (Å²) in [5.41, 5.74) is 3.97. The topological polar surface area (TPSA) is 92.4 Å². The second-order valence-electron chi connectivity index (χ2n) is 7.61. The van der Waals surface area contributed by atoms with Gasteiger partial charge in [-0.1, -0.05) is 25.1 Å². The summed E-state index contributed by atoms with van der Waals surface area (Å²) in [4.78, 5) is 28.8. The number of hydrogen-bond donors (Lipinski definition) is 3. The van der Waals surface area contributed by atoms with Crippen molar-refractivity contribution in [3.63, 3.8) is 0 Å². The van der Waals surface area contributed by atoms with Gasteiger partial charge in [-0.05, 0) is 30.9 Å². The number of fused-ring (bicyclic) bond motifs is 1. The lowest BCUT2D eigenvalue weighted by molar-refractivity contribution is -0.117. The van der Waals surface area contributed by atoms with Gasteiger partial charge in [0.1, 0.15) is 11.6 Å². The number of benzene rings is 1. The van der Waals surface area contributed by atoms with E-state index in [-0.39, 0.29) is 17.7 Å². The number of pyridine rings is 1. The van der Waals surface area contributed by atoms with Gasteiger partial charge in [0.25, 0.3) is 5.91 Å². The van der Waals surface area contributed by atoms with Crippen molar-refractivity contribution in [1.29, 1.82) is 0 Å². The predicted molar refractivity (Wildman–Crippen MR) is 117 cm³/mol. The van der Waals surface area contributed by atoms with Crippen LogP contribution in [0, 0.1) is 5.92 Å². The summed E-state index contributed by atoms with van der Waals surface area (Å²) in [5, 5.41) is 8.81. The molecule has 1 saturated carbocycles. The quantitative estimate of drug-likeness (QED) is 0.645. The summed E-state index contributed by atoms with van der Waals surface area (Å²) < 4.78 is 5.77. The number of anilines is 3. The molecule has 1 unspecified atom stereocenters. The van der Waals surface area contributed by atoms with Crippen LogP contribution in [0.25, 0.3) is 6.08 Å². The number of carbonyl (C=O) groups is 2. The van der Waals surface area contributed by atoms with Crippen LogP contribution in [0.2, 0.25) is 0 Å². The van der Waals surface area contributed by atoms with Crippen LogP contribution < -0.4 is 20.7 Å². The molecule has 30 heavy (non-hydrogen) atoms. The number of allylic oxidation sites excluding steroid dienone is 1. The van der Waals surface area contributed by atoms with E-state index in [1.54, 1.807) is 20.2 Å². The second kappa shape index (κ2) is 8.18. The molecule has 1 heterocycles. The zero-order valence-electron chi connectivity index (χ0n) is 17.4. The monoisotopic (exact) mass is 406 g/mol. The summed E-state index contributed by atoms with van der Waals surface area (Å²) in [6.45, 7) is 2.14. The predicted octanol–water partition coefficient (Wildman–Crippen LogP) is 4.06. The molecule has 0 spiro atoms. The molecule has 2 aliphatic carbocycles. The molecule has 2 amide bonds. The number of methoxy groups -OCH3 is 1. The normalized spacial score (nSPS) is 16.7. The average Bonchev–Trinajstić information content (AvgIpc) is 3.53. The first kappa shape index (κ1) is 19.9. The van der Waals surface area contributed by atoms with E-state index in [1.807, 2.05) is 12.1 Å². The maximum absolute atomic E-state index is 12.4. The van der Waals surface area contributed by atoms with Crippen molar-refractivity contribution in [3.05, 3.63) is 47.2 Å². The number of ether oxygens (including phenoxy) is 1. The maximum atomic E-state index is 12.4. The fraction of sp³-hybridized carbons (Fsp3) is 0.348. The largest absolute Gasteiger partial charge is 0.494 e. The Kier molecular flexibility index (Phi) is 5.44. The minimum atomic E-state index is -0.265. The Balaban J connectivity index is 1.71. The SMILES string of the molecule is CCC1C=Cc2ccc(Nc3cc(NC(=O)C4CC4)ncc3C(=O)NC)c(OC)c21. The van der Waals surface area contributed by atoms with Crippen molar-refractivity contribution in [3.8, 4) is 5.75 Å². The highest BCUT2D eigenvalue weighted by Gasteiger charge is 2.30. The number of amides is 2. The first-order valence-corrected chi connectivity index (χ1v) is 10.2. The highest BCUT2D eigenvalue weighted by molar-refractivity contribution is 6.01. The molecule has 4 rings (SSSR count). The average molecular weight is 406 g/mol. The van der Waals surface area contributed by atoms with Gasteiger partial charge in [-0.15, -0.1) is 0 Å². The van der Waals surface area contributed by atoms with Crippen LogP contribution >= 0.6 is 0 Å². The lowest BCUT2D eigenvalue weighted by Gasteiger charge is -2.19. The molecule has 2 aliphatic rings. The molecule has 0 radical (unpaired) electrons. The molecule has 3 N–H and O–H groups in total. The van der Waals surface area contributed by atoms with Crippen molar-refractivity contribution in [1.82, 2.24) is 10.3 Å². The van der Waals surface area contributed by atoms with Crippen molar-refractivity contribution < 1.29 is 14.3 Å². The highest BCUT2D eigenvalue weighted by atomic mass is 16.5. The number of hydrogen-bond acceptors (Lipinski definition) is 5. The van der Waals surface area contributed by atoms with Crippen molar-refractivity contribution >= 4 is 35.1 Å². The Labute approximate surface area is 175 Å². The number of carbonyl (C=O) groups excluding carboxylic acids is 2.